The maximum atomic E-state index is 12.2. The average Bonchev–Trinajstić information content (AvgIpc) is 2.95. The quantitative estimate of drug-likeness (QED) is 0.0389. The number of allylic oxidation sites excluding steroid dienone is 8. The van der Waals surface area contributed by atoms with Crippen molar-refractivity contribution in [2.75, 3.05) is 13.2 Å². The number of hydrogen-bond donors (Lipinski definition) is 2. The van der Waals surface area contributed by atoms with E-state index in [1.165, 1.54) is 25.7 Å². The molecule has 0 heterocycles. The fourth-order valence-electron chi connectivity index (χ4n) is 3.95. The minimum absolute atomic E-state index is 0.202. The highest BCUT2D eigenvalue weighted by Gasteiger charge is 2.22. The van der Waals surface area contributed by atoms with Crippen LogP contribution in [-0.4, -0.2) is 41.0 Å². The molecule has 8 nitrogen and oxygen atoms in total. The van der Waals surface area contributed by atoms with Crippen molar-refractivity contribution in [2.24, 2.45) is 0 Å². The second-order valence-electron chi connectivity index (χ2n) is 10.4. The Labute approximate surface area is 254 Å². The third kappa shape index (κ3) is 31.0. The van der Waals surface area contributed by atoms with Gasteiger partial charge in [0.25, 0.3) is 0 Å². The number of carbonyl (C=O) groups excluding carboxylic acids is 2. The monoisotopic (exact) mass is 612 g/mol. The van der Waals surface area contributed by atoms with Crippen molar-refractivity contribution in [3.05, 3.63) is 48.6 Å². The Morgan fingerprint density at radius 1 is 0.619 bits per heavy atom. The topological polar surface area (TPSA) is 119 Å². The average molecular weight is 613 g/mol. The molecule has 0 spiro atoms. The third-order valence-electron chi connectivity index (χ3n) is 6.33. The first kappa shape index (κ1) is 40.0. The molecule has 0 saturated carbocycles. The van der Waals surface area contributed by atoms with Crippen molar-refractivity contribution in [2.45, 2.75) is 136 Å². The Morgan fingerprint density at radius 2 is 1.12 bits per heavy atom. The van der Waals surface area contributed by atoms with Crippen LogP contribution in [0.1, 0.15) is 129 Å². The molecule has 0 amide bonds. The summed E-state index contributed by atoms with van der Waals surface area (Å²) >= 11 is 0. The summed E-state index contributed by atoms with van der Waals surface area (Å²) in [6, 6.07) is 0. The van der Waals surface area contributed by atoms with Gasteiger partial charge in [0.15, 0.2) is 6.10 Å². The lowest BCUT2D eigenvalue weighted by Crippen LogP contribution is -2.29. The number of phosphoric ester groups is 1. The minimum atomic E-state index is -4.74. The van der Waals surface area contributed by atoms with Crippen LogP contribution < -0.4 is 0 Å². The van der Waals surface area contributed by atoms with E-state index >= 15 is 0 Å². The van der Waals surface area contributed by atoms with E-state index in [0.717, 1.165) is 64.2 Å². The number of rotatable bonds is 28. The number of esters is 2. The van der Waals surface area contributed by atoms with Gasteiger partial charge in [0.2, 0.25) is 0 Å². The summed E-state index contributed by atoms with van der Waals surface area (Å²) in [5.41, 5.74) is 0. The van der Waals surface area contributed by atoms with Crippen LogP contribution in [0.15, 0.2) is 48.6 Å². The molecule has 0 aliphatic carbocycles. The Hall–Kier alpha value is -1.99. The van der Waals surface area contributed by atoms with Crippen LogP contribution in [0.25, 0.3) is 0 Å². The van der Waals surface area contributed by atoms with Crippen LogP contribution >= 0.6 is 7.82 Å². The predicted molar refractivity (Wildman–Crippen MR) is 170 cm³/mol. The summed E-state index contributed by atoms with van der Waals surface area (Å²) in [6.07, 6.45) is 32.8. The van der Waals surface area contributed by atoms with Gasteiger partial charge in [-0.25, -0.2) is 4.57 Å². The molecule has 0 aromatic carbocycles. The Balaban J connectivity index is 4.06. The Bertz CT molecular complexity index is 828. The van der Waals surface area contributed by atoms with E-state index in [0.29, 0.717) is 12.8 Å². The maximum absolute atomic E-state index is 12.2. The van der Waals surface area contributed by atoms with E-state index in [4.69, 9.17) is 19.3 Å². The minimum Gasteiger partial charge on any atom is -0.462 e. The molecule has 0 fully saturated rings. The van der Waals surface area contributed by atoms with E-state index in [2.05, 4.69) is 67.0 Å². The van der Waals surface area contributed by atoms with Crippen LogP contribution in [0.3, 0.4) is 0 Å². The van der Waals surface area contributed by atoms with Crippen molar-refractivity contribution < 1.29 is 37.9 Å². The zero-order chi connectivity index (χ0) is 31.2. The lowest BCUT2D eigenvalue weighted by Gasteiger charge is -2.18. The van der Waals surface area contributed by atoms with Crippen LogP contribution in [0.5, 0.6) is 0 Å². The summed E-state index contributed by atoms with van der Waals surface area (Å²) in [7, 11) is -4.74. The number of carbonyl (C=O) groups is 2. The molecule has 0 aromatic heterocycles. The zero-order valence-corrected chi connectivity index (χ0v) is 27.0. The first-order valence-electron chi connectivity index (χ1n) is 15.9. The van der Waals surface area contributed by atoms with Crippen LogP contribution in [-0.2, 0) is 28.2 Å². The van der Waals surface area contributed by atoms with Gasteiger partial charge in [0, 0.05) is 12.8 Å². The van der Waals surface area contributed by atoms with Gasteiger partial charge in [-0.15, -0.1) is 0 Å². The highest BCUT2D eigenvalue weighted by Crippen LogP contribution is 2.35. The van der Waals surface area contributed by atoms with Gasteiger partial charge < -0.3 is 19.3 Å². The van der Waals surface area contributed by atoms with Gasteiger partial charge in [-0.3, -0.25) is 14.1 Å². The maximum Gasteiger partial charge on any atom is 0.469 e. The second kappa shape index (κ2) is 29.1. The van der Waals surface area contributed by atoms with Gasteiger partial charge >= 0.3 is 19.8 Å². The first-order valence-corrected chi connectivity index (χ1v) is 17.5. The smallest absolute Gasteiger partial charge is 0.462 e. The zero-order valence-electron chi connectivity index (χ0n) is 26.1. The normalized spacial score (nSPS) is 13.1. The Kier molecular flexibility index (Phi) is 27.7. The molecule has 42 heavy (non-hydrogen) atoms. The molecule has 0 aliphatic heterocycles. The highest BCUT2D eigenvalue weighted by atomic mass is 31.2. The molecule has 0 rings (SSSR count). The molecule has 242 valence electrons. The van der Waals surface area contributed by atoms with Crippen molar-refractivity contribution >= 4 is 19.8 Å². The second-order valence-corrected chi connectivity index (χ2v) is 11.7. The van der Waals surface area contributed by atoms with Crippen LogP contribution in [0.2, 0.25) is 0 Å². The molecule has 0 aromatic rings. The summed E-state index contributed by atoms with van der Waals surface area (Å²) in [5, 5.41) is 0. The Morgan fingerprint density at radius 3 is 1.69 bits per heavy atom. The SMILES string of the molecule is CCC/C=C/C/C=C/C/C=C/C/C=C/CCCCCC(=O)OC[C@H](COP(=O)(O)O)OC(=O)CCCCCCCCC. The lowest BCUT2D eigenvalue weighted by molar-refractivity contribution is -0.161. The molecule has 2 N–H and O–H groups in total. The number of unbranched alkanes of at least 4 members (excludes halogenated alkanes) is 10. The van der Waals surface area contributed by atoms with E-state index in [-0.39, 0.29) is 19.4 Å². The van der Waals surface area contributed by atoms with Crippen molar-refractivity contribution in [3.63, 3.8) is 0 Å². The first-order chi connectivity index (χ1) is 20.3. The molecular formula is C33H57O8P. The number of ether oxygens (including phenoxy) is 2. The number of hydrogen-bond acceptors (Lipinski definition) is 6. The fraction of sp³-hybridized carbons (Fsp3) is 0.697. The van der Waals surface area contributed by atoms with Gasteiger partial charge in [0.05, 0.1) is 6.61 Å². The van der Waals surface area contributed by atoms with E-state index in [1.54, 1.807) is 0 Å². The molecule has 9 heteroatoms. The molecule has 0 aliphatic rings. The largest absolute Gasteiger partial charge is 0.469 e. The highest BCUT2D eigenvalue weighted by molar-refractivity contribution is 7.46. The predicted octanol–water partition coefficient (Wildman–Crippen LogP) is 8.84. The fourth-order valence-corrected chi connectivity index (χ4v) is 4.31. The van der Waals surface area contributed by atoms with E-state index in [1.807, 2.05) is 0 Å². The van der Waals surface area contributed by atoms with Gasteiger partial charge in [-0.2, -0.15) is 0 Å². The summed E-state index contributed by atoms with van der Waals surface area (Å²) in [4.78, 5) is 42.3. The van der Waals surface area contributed by atoms with E-state index in [9.17, 15) is 14.2 Å². The summed E-state index contributed by atoms with van der Waals surface area (Å²) in [6.45, 7) is 3.49. The lowest BCUT2D eigenvalue weighted by atomic mass is 10.1. The summed E-state index contributed by atoms with van der Waals surface area (Å²) < 4.78 is 26.0. The molecule has 0 radical (unpaired) electrons. The summed E-state index contributed by atoms with van der Waals surface area (Å²) in [5.74, 6) is -0.934. The van der Waals surface area contributed by atoms with Crippen LogP contribution in [0.4, 0.5) is 0 Å². The standard InChI is InChI=1S/C33H57O8P/c1-3-5-7-9-11-12-13-14-15-16-17-18-19-20-22-23-25-27-32(34)39-29-31(30-40-42(36,37)38)41-33(35)28-26-24-21-10-8-6-4-2/h7,9,12-13,15-16,18-19,31H,3-6,8,10-11,14,17,20-30H2,1-2H3,(H2,36,37,38)/b9-7+,13-12+,16-15+,19-18+/t31-/m1/s1. The third-order valence-corrected chi connectivity index (χ3v) is 6.82. The van der Waals surface area contributed by atoms with E-state index < -0.39 is 32.5 Å². The van der Waals surface area contributed by atoms with Gasteiger partial charge in [-0.1, -0.05) is 114 Å². The molecule has 1 atom stereocenters. The van der Waals surface area contributed by atoms with Crippen molar-refractivity contribution in [1.82, 2.24) is 0 Å². The molecule has 0 saturated heterocycles. The van der Waals surface area contributed by atoms with Gasteiger partial charge in [0.1, 0.15) is 6.61 Å². The van der Waals surface area contributed by atoms with Crippen LogP contribution in [0, 0.1) is 0 Å². The van der Waals surface area contributed by atoms with Crippen molar-refractivity contribution in [1.29, 1.82) is 0 Å². The molecular weight excluding hydrogens is 555 g/mol. The van der Waals surface area contributed by atoms with Crippen molar-refractivity contribution in [3.8, 4) is 0 Å². The molecule has 0 unspecified atom stereocenters. The van der Waals surface area contributed by atoms with Gasteiger partial charge in [-0.05, 0) is 51.4 Å². The molecule has 0 bridgehead atoms. The number of phosphoric acid groups is 1.